The molecule has 3 heterocycles. The van der Waals surface area contributed by atoms with Crippen molar-refractivity contribution >= 4 is 50.1 Å². The normalized spacial score (nSPS) is 17.4. The molecule has 0 spiro atoms. The summed E-state index contributed by atoms with van der Waals surface area (Å²) in [5.74, 6) is 0.660. The van der Waals surface area contributed by atoms with Crippen molar-refractivity contribution in [3.63, 3.8) is 0 Å². The Bertz CT molecular complexity index is 993. The van der Waals surface area contributed by atoms with Crippen molar-refractivity contribution in [1.82, 2.24) is 19.9 Å². The lowest BCUT2D eigenvalue weighted by molar-refractivity contribution is 0.184. The molecule has 1 fully saturated rings. The minimum Gasteiger partial charge on any atom is -0.350 e. The van der Waals surface area contributed by atoms with E-state index < -0.39 is 0 Å². The van der Waals surface area contributed by atoms with E-state index in [2.05, 4.69) is 31.2 Å². The van der Waals surface area contributed by atoms with Gasteiger partial charge in [-0.2, -0.15) is 0 Å². The SMILES string of the molecule is Cc1ccc2nc(NC(=O)N3CCN(c4nccnc4Cl)CC3C)sc2c1. The monoisotopic (exact) mass is 402 g/mol. The van der Waals surface area contributed by atoms with Gasteiger partial charge >= 0.3 is 6.03 Å². The summed E-state index contributed by atoms with van der Waals surface area (Å²) in [4.78, 5) is 29.5. The molecule has 0 bridgehead atoms. The van der Waals surface area contributed by atoms with Gasteiger partial charge in [0, 0.05) is 38.1 Å². The van der Waals surface area contributed by atoms with Crippen LogP contribution in [0.3, 0.4) is 0 Å². The number of benzene rings is 1. The number of thiazole rings is 1. The number of aromatic nitrogens is 3. The predicted octanol–water partition coefficient (Wildman–Crippen LogP) is 3.79. The number of nitrogens with one attached hydrogen (secondary N) is 1. The number of rotatable bonds is 2. The van der Waals surface area contributed by atoms with Gasteiger partial charge in [0.1, 0.15) is 0 Å². The second-order valence-electron chi connectivity index (χ2n) is 6.58. The molecule has 140 valence electrons. The highest BCUT2D eigenvalue weighted by molar-refractivity contribution is 7.22. The molecule has 1 atom stereocenters. The van der Waals surface area contributed by atoms with Gasteiger partial charge in [0.05, 0.1) is 10.2 Å². The third-order valence-electron chi connectivity index (χ3n) is 4.58. The maximum Gasteiger partial charge on any atom is 0.324 e. The van der Waals surface area contributed by atoms with E-state index in [1.807, 2.05) is 30.9 Å². The van der Waals surface area contributed by atoms with Crippen LogP contribution in [-0.2, 0) is 0 Å². The highest BCUT2D eigenvalue weighted by Crippen LogP contribution is 2.28. The Labute approximate surface area is 166 Å². The van der Waals surface area contributed by atoms with Crippen LogP contribution in [0.4, 0.5) is 15.7 Å². The van der Waals surface area contributed by atoms with Crippen LogP contribution in [0.5, 0.6) is 0 Å². The van der Waals surface area contributed by atoms with E-state index in [0.717, 1.165) is 10.2 Å². The van der Waals surface area contributed by atoms with Crippen LogP contribution in [0.1, 0.15) is 12.5 Å². The Morgan fingerprint density at radius 1 is 1.30 bits per heavy atom. The molecule has 1 aliphatic rings. The fraction of sp³-hybridized carbons (Fsp3) is 0.333. The van der Waals surface area contributed by atoms with Crippen molar-refractivity contribution in [2.75, 3.05) is 29.9 Å². The molecule has 3 aromatic rings. The van der Waals surface area contributed by atoms with E-state index in [0.29, 0.717) is 35.7 Å². The molecule has 1 aliphatic heterocycles. The molecule has 0 saturated carbocycles. The predicted molar refractivity (Wildman–Crippen MR) is 109 cm³/mol. The molecule has 1 N–H and O–H groups in total. The lowest BCUT2D eigenvalue weighted by Gasteiger charge is -2.40. The molecule has 4 rings (SSSR count). The second-order valence-corrected chi connectivity index (χ2v) is 7.97. The standard InChI is InChI=1S/C18H19ClN6OS/c1-11-3-4-13-14(9-11)27-17(22-13)23-18(26)25-8-7-24(10-12(25)2)16-15(19)20-5-6-21-16/h3-6,9,12H,7-8,10H2,1-2H3,(H,22,23,26). The van der Waals surface area contributed by atoms with Crippen LogP contribution in [0.15, 0.2) is 30.6 Å². The first-order valence-corrected chi connectivity index (χ1v) is 9.87. The molecule has 2 amide bonds. The van der Waals surface area contributed by atoms with Crippen molar-refractivity contribution in [2.24, 2.45) is 0 Å². The Morgan fingerprint density at radius 2 is 2.11 bits per heavy atom. The molecule has 0 aliphatic carbocycles. The number of urea groups is 1. The zero-order valence-corrected chi connectivity index (χ0v) is 16.6. The van der Waals surface area contributed by atoms with Crippen molar-refractivity contribution in [2.45, 2.75) is 19.9 Å². The highest BCUT2D eigenvalue weighted by atomic mass is 35.5. The lowest BCUT2D eigenvalue weighted by atomic mass is 10.2. The van der Waals surface area contributed by atoms with E-state index in [1.165, 1.54) is 16.9 Å². The molecule has 9 heteroatoms. The summed E-state index contributed by atoms with van der Waals surface area (Å²) in [5, 5.41) is 3.94. The minimum atomic E-state index is -0.136. The van der Waals surface area contributed by atoms with Crippen molar-refractivity contribution in [1.29, 1.82) is 0 Å². The molecular weight excluding hydrogens is 384 g/mol. The number of halogens is 1. The molecule has 7 nitrogen and oxygen atoms in total. The summed E-state index contributed by atoms with van der Waals surface area (Å²) >= 11 is 7.63. The van der Waals surface area contributed by atoms with E-state index in [1.54, 1.807) is 12.4 Å². The van der Waals surface area contributed by atoms with Crippen LogP contribution in [0, 0.1) is 6.92 Å². The molecule has 27 heavy (non-hydrogen) atoms. The summed E-state index contributed by atoms with van der Waals surface area (Å²) < 4.78 is 1.07. The number of aryl methyl sites for hydroxylation is 1. The molecule has 1 saturated heterocycles. The Hall–Kier alpha value is -2.45. The molecule has 1 aromatic carbocycles. The first-order chi connectivity index (χ1) is 13.0. The number of amides is 2. The summed E-state index contributed by atoms with van der Waals surface area (Å²) in [6.07, 6.45) is 3.19. The van der Waals surface area contributed by atoms with Crippen LogP contribution >= 0.6 is 22.9 Å². The molecule has 1 unspecified atom stereocenters. The Morgan fingerprint density at radius 3 is 2.89 bits per heavy atom. The number of fused-ring (bicyclic) bond motifs is 1. The summed E-state index contributed by atoms with van der Waals surface area (Å²) in [6, 6.07) is 5.95. The van der Waals surface area contributed by atoms with Crippen LogP contribution in [-0.4, -0.2) is 51.6 Å². The van der Waals surface area contributed by atoms with E-state index in [-0.39, 0.29) is 12.1 Å². The van der Waals surface area contributed by atoms with Crippen molar-refractivity contribution < 1.29 is 4.79 Å². The van der Waals surface area contributed by atoms with Gasteiger partial charge in [-0.15, -0.1) is 0 Å². The Kier molecular flexibility index (Phi) is 4.84. The van der Waals surface area contributed by atoms with Gasteiger partial charge in [-0.1, -0.05) is 29.0 Å². The topological polar surface area (TPSA) is 74.2 Å². The summed E-state index contributed by atoms with van der Waals surface area (Å²) in [7, 11) is 0. The smallest absolute Gasteiger partial charge is 0.324 e. The number of anilines is 2. The highest BCUT2D eigenvalue weighted by Gasteiger charge is 2.29. The van der Waals surface area contributed by atoms with Crippen molar-refractivity contribution in [3.05, 3.63) is 41.3 Å². The number of nitrogens with zero attached hydrogens (tertiary/aromatic N) is 5. The van der Waals surface area contributed by atoms with Crippen LogP contribution in [0.25, 0.3) is 10.2 Å². The fourth-order valence-electron chi connectivity index (χ4n) is 3.23. The molecule has 2 aromatic heterocycles. The van der Waals surface area contributed by atoms with Gasteiger partial charge in [0.2, 0.25) is 0 Å². The number of carbonyl (C=O) groups excluding carboxylic acids is 1. The fourth-order valence-corrected chi connectivity index (χ4v) is 4.40. The molecular formula is C18H19ClN6OS. The second kappa shape index (κ2) is 7.28. The summed E-state index contributed by atoms with van der Waals surface area (Å²) in [5.41, 5.74) is 2.08. The minimum absolute atomic E-state index is 0.00782. The van der Waals surface area contributed by atoms with Crippen LogP contribution in [0.2, 0.25) is 5.15 Å². The van der Waals surface area contributed by atoms with Gasteiger partial charge in [-0.25, -0.2) is 19.7 Å². The number of hydrogen-bond donors (Lipinski definition) is 1. The van der Waals surface area contributed by atoms with E-state index in [4.69, 9.17) is 11.6 Å². The van der Waals surface area contributed by atoms with Gasteiger partial charge in [-0.3, -0.25) is 5.32 Å². The largest absolute Gasteiger partial charge is 0.350 e. The lowest BCUT2D eigenvalue weighted by Crippen LogP contribution is -2.55. The number of piperazine rings is 1. The van der Waals surface area contributed by atoms with Crippen LogP contribution < -0.4 is 10.2 Å². The third kappa shape index (κ3) is 3.68. The van der Waals surface area contributed by atoms with Gasteiger partial charge in [0.25, 0.3) is 0 Å². The number of hydrogen-bond acceptors (Lipinski definition) is 6. The average Bonchev–Trinajstić information content (AvgIpc) is 3.03. The zero-order valence-electron chi connectivity index (χ0n) is 15.0. The maximum absolute atomic E-state index is 12.7. The van der Waals surface area contributed by atoms with Gasteiger partial charge in [-0.05, 0) is 31.5 Å². The summed E-state index contributed by atoms with van der Waals surface area (Å²) in [6.45, 7) is 5.92. The molecule has 0 radical (unpaired) electrons. The van der Waals surface area contributed by atoms with Gasteiger partial charge < -0.3 is 9.80 Å². The van der Waals surface area contributed by atoms with Crippen molar-refractivity contribution in [3.8, 4) is 0 Å². The van der Waals surface area contributed by atoms with Gasteiger partial charge in [0.15, 0.2) is 16.1 Å². The zero-order chi connectivity index (χ0) is 19.0. The third-order valence-corrected chi connectivity index (χ3v) is 5.78. The maximum atomic E-state index is 12.7. The number of carbonyl (C=O) groups is 1. The quantitative estimate of drug-likeness (QED) is 0.705. The average molecular weight is 403 g/mol. The van der Waals surface area contributed by atoms with E-state index in [9.17, 15) is 4.79 Å². The Balaban J connectivity index is 1.44. The first-order valence-electron chi connectivity index (χ1n) is 8.67. The first kappa shape index (κ1) is 17.9. The van der Waals surface area contributed by atoms with E-state index >= 15 is 0 Å².